The number of rotatable bonds is 6. The van der Waals surface area contributed by atoms with E-state index in [0.717, 1.165) is 10.5 Å². The maximum Gasteiger partial charge on any atom is 0.262 e. The summed E-state index contributed by atoms with van der Waals surface area (Å²) in [7, 11) is -3.72. The Kier molecular flexibility index (Phi) is 5.84. The highest BCUT2D eigenvalue weighted by molar-refractivity contribution is 7.98. The molecule has 0 spiro atoms. The van der Waals surface area contributed by atoms with Gasteiger partial charge < -0.3 is 0 Å². The Hall–Kier alpha value is -3.10. The van der Waals surface area contributed by atoms with Crippen LogP contribution in [0.3, 0.4) is 0 Å². The largest absolute Gasteiger partial charge is 0.278 e. The Morgan fingerprint density at radius 2 is 1.74 bits per heavy atom. The molecule has 0 aliphatic rings. The van der Waals surface area contributed by atoms with Crippen LogP contribution in [0.2, 0.25) is 0 Å². The minimum atomic E-state index is -3.72. The second-order valence-corrected chi connectivity index (χ2v) is 9.84. The lowest BCUT2D eigenvalue weighted by Gasteiger charge is -2.13. The van der Waals surface area contributed by atoms with E-state index in [1.54, 1.807) is 49.5 Å². The standard InChI is InChI=1S/C23H21N3O3S2/c1-16-11-12-26-22(13-16)24-18(14-23(26)27)15-30-20-9-5-4-8-19(20)25-31(28,29)21-10-6-3-7-17(21)2/h3-14,25H,15H2,1-2H3. The van der Waals surface area contributed by atoms with Gasteiger partial charge in [0.1, 0.15) is 5.65 Å². The molecule has 2 aromatic carbocycles. The van der Waals surface area contributed by atoms with Gasteiger partial charge in [0.2, 0.25) is 0 Å². The lowest BCUT2D eigenvalue weighted by molar-refractivity contribution is 0.600. The molecule has 0 unspecified atom stereocenters. The zero-order valence-electron chi connectivity index (χ0n) is 17.1. The summed E-state index contributed by atoms with van der Waals surface area (Å²) in [6.07, 6.45) is 1.71. The predicted octanol–water partition coefficient (Wildman–Crippen LogP) is 4.40. The van der Waals surface area contributed by atoms with Crippen LogP contribution in [-0.2, 0) is 15.8 Å². The predicted molar refractivity (Wildman–Crippen MR) is 124 cm³/mol. The number of aromatic nitrogens is 2. The molecule has 1 N–H and O–H groups in total. The zero-order valence-corrected chi connectivity index (χ0v) is 18.7. The number of fused-ring (bicyclic) bond motifs is 1. The van der Waals surface area contributed by atoms with E-state index in [-0.39, 0.29) is 10.5 Å². The molecule has 4 aromatic rings. The average Bonchev–Trinajstić information content (AvgIpc) is 2.73. The molecule has 0 saturated heterocycles. The summed E-state index contributed by atoms with van der Waals surface area (Å²) < 4.78 is 30.0. The van der Waals surface area contributed by atoms with Gasteiger partial charge in [-0.25, -0.2) is 13.4 Å². The molecule has 0 fully saturated rings. The first kappa shape index (κ1) is 21.1. The van der Waals surface area contributed by atoms with Crippen molar-refractivity contribution in [1.82, 2.24) is 9.38 Å². The molecule has 8 heteroatoms. The van der Waals surface area contributed by atoms with Crippen molar-refractivity contribution < 1.29 is 8.42 Å². The van der Waals surface area contributed by atoms with Crippen LogP contribution in [0.1, 0.15) is 16.8 Å². The third-order valence-electron chi connectivity index (χ3n) is 4.77. The van der Waals surface area contributed by atoms with Crippen LogP contribution in [0.15, 0.2) is 87.5 Å². The van der Waals surface area contributed by atoms with E-state index in [9.17, 15) is 13.2 Å². The number of nitrogens with one attached hydrogen (secondary N) is 1. The van der Waals surface area contributed by atoms with Gasteiger partial charge in [-0.15, -0.1) is 11.8 Å². The molecule has 2 heterocycles. The molecule has 158 valence electrons. The first-order chi connectivity index (χ1) is 14.8. The van der Waals surface area contributed by atoms with Crippen molar-refractivity contribution in [3.8, 4) is 0 Å². The number of thioether (sulfide) groups is 1. The van der Waals surface area contributed by atoms with Crippen LogP contribution in [0.5, 0.6) is 0 Å². The summed E-state index contributed by atoms with van der Waals surface area (Å²) >= 11 is 1.42. The first-order valence-corrected chi connectivity index (χ1v) is 12.1. The van der Waals surface area contributed by atoms with E-state index in [2.05, 4.69) is 9.71 Å². The van der Waals surface area contributed by atoms with Gasteiger partial charge in [0.25, 0.3) is 15.6 Å². The van der Waals surface area contributed by atoms with E-state index < -0.39 is 10.0 Å². The first-order valence-electron chi connectivity index (χ1n) is 9.63. The number of para-hydroxylation sites is 1. The maximum atomic E-state index is 12.9. The summed E-state index contributed by atoms with van der Waals surface area (Å²) in [5, 5.41) is 0. The number of sulfonamides is 1. The Morgan fingerprint density at radius 3 is 2.55 bits per heavy atom. The molecule has 0 amide bonds. The molecular weight excluding hydrogens is 430 g/mol. The van der Waals surface area contributed by atoms with Crippen molar-refractivity contribution in [1.29, 1.82) is 0 Å². The van der Waals surface area contributed by atoms with E-state index in [1.807, 2.05) is 31.2 Å². The van der Waals surface area contributed by atoms with Gasteiger partial charge in [0.05, 0.1) is 16.3 Å². The SMILES string of the molecule is Cc1ccn2c(=O)cc(CSc3ccccc3NS(=O)(=O)c3ccccc3C)nc2c1. The summed E-state index contributed by atoms with van der Waals surface area (Å²) in [5.41, 5.74) is 3.27. The number of nitrogens with zero attached hydrogens (tertiary/aromatic N) is 2. The number of aryl methyl sites for hydroxylation is 2. The monoisotopic (exact) mass is 451 g/mol. The topological polar surface area (TPSA) is 80.5 Å². The fraction of sp³-hybridized carbons (Fsp3) is 0.130. The molecule has 0 saturated carbocycles. The zero-order chi connectivity index (χ0) is 22.0. The minimum absolute atomic E-state index is 0.144. The van der Waals surface area contributed by atoms with Gasteiger partial charge in [-0.1, -0.05) is 30.3 Å². The van der Waals surface area contributed by atoms with Gasteiger partial charge in [-0.3, -0.25) is 13.9 Å². The van der Waals surface area contributed by atoms with E-state index in [4.69, 9.17) is 0 Å². The maximum absolute atomic E-state index is 12.9. The quantitative estimate of drug-likeness (QED) is 0.440. The van der Waals surface area contributed by atoms with Gasteiger partial charge in [0, 0.05) is 22.9 Å². The van der Waals surface area contributed by atoms with Crippen LogP contribution in [0.4, 0.5) is 5.69 Å². The second-order valence-electron chi connectivity index (χ2n) is 7.17. The Bertz CT molecular complexity index is 1430. The van der Waals surface area contributed by atoms with Crippen molar-refractivity contribution in [3.63, 3.8) is 0 Å². The highest BCUT2D eigenvalue weighted by atomic mass is 32.2. The van der Waals surface area contributed by atoms with Crippen molar-refractivity contribution in [3.05, 3.63) is 100 Å². The van der Waals surface area contributed by atoms with Crippen LogP contribution in [0, 0.1) is 13.8 Å². The molecule has 31 heavy (non-hydrogen) atoms. The Morgan fingerprint density at radius 1 is 1.00 bits per heavy atom. The van der Waals surface area contributed by atoms with Crippen molar-refractivity contribution in [2.75, 3.05) is 4.72 Å². The number of pyridine rings is 1. The van der Waals surface area contributed by atoms with Crippen molar-refractivity contribution in [2.24, 2.45) is 0 Å². The number of benzene rings is 2. The van der Waals surface area contributed by atoms with Gasteiger partial charge in [-0.2, -0.15) is 0 Å². The van der Waals surface area contributed by atoms with Crippen molar-refractivity contribution >= 4 is 33.1 Å². The van der Waals surface area contributed by atoms with Gasteiger partial charge >= 0.3 is 0 Å². The molecule has 0 radical (unpaired) electrons. The Balaban J connectivity index is 1.59. The summed E-state index contributed by atoms with van der Waals surface area (Å²) in [6, 6.07) is 19.3. The molecular formula is C23H21N3O3S2. The molecule has 0 atom stereocenters. The normalized spacial score (nSPS) is 11.5. The Labute approximate surface area is 185 Å². The highest BCUT2D eigenvalue weighted by Crippen LogP contribution is 2.31. The number of anilines is 1. The van der Waals surface area contributed by atoms with Crippen LogP contribution in [-0.4, -0.2) is 17.8 Å². The van der Waals surface area contributed by atoms with Gasteiger partial charge in [-0.05, 0) is 55.3 Å². The van der Waals surface area contributed by atoms with Crippen LogP contribution < -0.4 is 10.3 Å². The van der Waals surface area contributed by atoms with Crippen molar-refractivity contribution in [2.45, 2.75) is 29.4 Å². The fourth-order valence-electron chi connectivity index (χ4n) is 3.21. The summed E-state index contributed by atoms with van der Waals surface area (Å²) in [4.78, 5) is 18.0. The third-order valence-corrected chi connectivity index (χ3v) is 7.40. The highest BCUT2D eigenvalue weighted by Gasteiger charge is 2.18. The molecule has 0 aliphatic heterocycles. The van der Waals surface area contributed by atoms with Gasteiger partial charge in [0.15, 0.2) is 0 Å². The van der Waals surface area contributed by atoms with Crippen LogP contribution in [0.25, 0.3) is 5.65 Å². The molecule has 2 aromatic heterocycles. The lowest BCUT2D eigenvalue weighted by atomic mass is 10.2. The smallest absolute Gasteiger partial charge is 0.262 e. The summed E-state index contributed by atoms with van der Waals surface area (Å²) in [6.45, 7) is 3.71. The molecule has 0 aliphatic carbocycles. The van der Waals surface area contributed by atoms with Crippen LogP contribution >= 0.6 is 11.8 Å². The lowest BCUT2D eigenvalue weighted by Crippen LogP contribution is -2.15. The molecule has 6 nitrogen and oxygen atoms in total. The van der Waals surface area contributed by atoms with E-state index in [1.165, 1.54) is 22.2 Å². The molecule has 0 bridgehead atoms. The molecule has 4 rings (SSSR count). The average molecular weight is 452 g/mol. The summed E-state index contributed by atoms with van der Waals surface area (Å²) in [5.74, 6) is 0.433. The minimum Gasteiger partial charge on any atom is -0.278 e. The number of hydrogen-bond donors (Lipinski definition) is 1. The third kappa shape index (κ3) is 4.65. The van der Waals surface area contributed by atoms with E-state index >= 15 is 0 Å². The number of hydrogen-bond acceptors (Lipinski definition) is 5. The second kappa shape index (κ2) is 8.56. The fourth-order valence-corrected chi connectivity index (χ4v) is 5.51. The van der Waals surface area contributed by atoms with E-state index in [0.29, 0.717) is 28.3 Å².